The van der Waals surface area contributed by atoms with Crippen molar-refractivity contribution in [3.05, 3.63) is 35.9 Å². The van der Waals surface area contributed by atoms with Gasteiger partial charge in [0.05, 0.1) is 17.8 Å². The van der Waals surface area contributed by atoms with Gasteiger partial charge in [0.2, 0.25) is 5.91 Å². The number of nitrogens with zero attached hydrogens (tertiary/aromatic N) is 1. The molecule has 8 nitrogen and oxygen atoms in total. The summed E-state index contributed by atoms with van der Waals surface area (Å²) in [4.78, 5) is 31.0. The Balaban J connectivity index is 1.81. The standard InChI is InChI=1S/C17H22N2O6S/c1-17(2)13(16(21)25-10-11-7-5-4-6-8-11)19-14(20)12(9-18-24-3)15(19)26(17,22)23/h4-8,12-13,15,18H,9-10H2,1-3H3/t12-,13+,15-/m1/s1. The molecule has 0 radical (unpaired) electrons. The second-order valence-corrected chi connectivity index (χ2v) is 9.56. The van der Waals surface area contributed by atoms with E-state index in [2.05, 4.69) is 5.48 Å². The summed E-state index contributed by atoms with van der Waals surface area (Å²) in [7, 11) is -2.36. The maximum Gasteiger partial charge on any atom is 0.330 e. The number of amides is 1. The largest absolute Gasteiger partial charge is 0.459 e. The fraction of sp³-hybridized carbons (Fsp3) is 0.529. The lowest BCUT2D eigenvalue weighted by atomic mass is 9.92. The third-order valence-corrected chi connectivity index (χ3v) is 7.95. The Labute approximate surface area is 152 Å². The lowest BCUT2D eigenvalue weighted by Gasteiger charge is -2.42. The van der Waals surface area contributed by atoms with Crippen molar-refractivity contribution in [1.29, 1.82) is 0 Å². The van der Waals surface area contributed by atoms with Crippen LogP contribution >= 0.6 is 0 Å². The molecule has 1 amide bonds. The Morgan fingerprint density at radius 3 is 2.54 bits per heavy atom. The van der Waals surface area contributed by atoms with Crippen molar-refractivity contribution >= 4 is 21.7 Å². The van der Waals surface area contributed by atoms with Crippen LogP contribution < -0.4 is 5.48 Å². The molecule has 2 aliphatic rings. The highest BCUT2D eigenvalue weighted by molar-refractivity contribution is 7.93. The molecule has 3 atom stereocenters. The van der Waals surface area contributed by atoms with Gasteiger partial charge in [-0.25, -0.2) is 18.7 Å². The second kappa shape index (κ2) is 6.64. The number of carbonyl (C=O) groups is 2. The molecular formula is C17H22N2O6S. The Bertz CT molecular complexity index is 808. The maximum absolute atomic E-state index is 12.9. The number of hydroxylamine groups is 1. The van der Waals surface area contributed by atoms with E-state index in [9.17, 15) is 18.0 Å². The molecule has 9 heteroatoms. The summed E-state index contributed by atoms with van der Waals surface area (Å²) in [5, 5.41) is -1.04. The minimum Gasteiger partial charge on any atom is -0.459 e. The zero-order chi connectivity index (χ0) is 19.1. The molecule has 2 saturated heterocycles. The molecule has 2 fully saturated rings. The fourth-order valence-corrected chi connectivity index (χ4v) is 5.87. The number of nitrogens with one attached hydrogen (secondary N) is 1. The monoisotopic (exact) mass is 382 g/mol. The maximum atomic E-state index is 12.9. The average Bonchev–Trinajstić information content (AvgIpc) is 2.75. The number of rotatable bonds is 6. The fourth-order valence-electron chi connectivity index (χ4n) is 3.56. The van der Waals surface area contributed by atoms with Crippen LogP contribution in [0.5, 0.6) is 0 Å². The number of benzene rings is 1. The van der Waals surface area contributed by atoms with Crippen LogP contribution in [-0.2, 0) is 35.6 Å². The van der Waals surface area contributed by atoms with E-state index in [1.807, 2.05) is 18.2 Å². The number of hydrogen-bond donors (Lipinski definition) is 1. The van der Waals surface area contributed by atoms with Crippen molar-refractivity contribution in [2.24, 2.45) is 5.92 Å². The summed E-state index contributed by atoms with van der Waals surface area (Å²) in [6.45, 7) is 3.01. The molecule has 1 N–H and O–H groups in total. The van der Waals surface area contributed by atoms with Gasteiger partial charge in [-0.05, 0) is 19.4 Å². The van der Waals surface area contributed by atoms with Gasteiger partial charge in [0.1, 0.15) is 18.0 Å². The molecule has 1 aromatic carbocycles. The van der Waals surface area contributed by atoms with Gasteiger partial charge in [-0.15, -0.1) is 0 Å². The van der Waals surface area contributed by atoms with Gasteiger partial charge < -0.3 is 14.5 Å². The third kappa shape index (κ3) is 2.70. The van der Waals surface area contributed by atoms with Crippen LogP contribution in [-0.4, -0.2) is 55.0 Å². The molecule has 0 unspecified atom stereocenters. The van der Waals surface area contributed by atoms with Gasteiger partial charge in [-0.2, -0.15) is 0 Å². The number of hydrogen-bond acceptors (Lipinski definition) is 7. The number of fused-ring (bicyclic) bond motifs is 1. The number of β-lactam (4-membered cyclic amide) rings is 1. The van der Waals surface area contributed by atoms with E-state index in [1.54, 1.807) is 12.1 Å². The smallest absolute Gasteiger partial charge is 0.330 e. The third-order valence-electron chi connectivity index (χ3n) is 5.07. The van der Waals surface area contributed by atoms with E-state index < -0.39 is 43.8 Å². The van der Waals surface area contributed by atoms with Crippen molar-refractivity contribution in [2.45, 2.75) is 36.6 Å². The van der Waals surface area contributed by atoms with E-state index >= 15 is 0 Å². The molecule has 0 saturated carbocycles. The van der Waals surface area contributed by atoms with Crippen LogP contribution in [0.25, 0.3) is 0 Å². The number of carbonyl (C=O) groups excluding carboxylic acids is 2. The summed E-state index contributed by atoms with van der Waals surface area (Å²) < 4.78 is 29.7. The van der Waals surface area contributed by atoms with Gasteiger partial charge >= 0.3 is 5.97 Å². The molecule has 0 aromatic heterocycles. The predicted molar refractivity (Wildman–Crippen MR) is 92.2 cm³/mol. The summed E-state index contributed by atoms with van der Waals surface area (Å²) in [6.07, 6.45) is 0. The van der Waals surface area contributed by atoms with E-state index in [0.717, 1.165) is 10.5 Å². The molecule has 0 bridgehead atoms. The van der Waals surface area contributed by atoms with Crippen LogP contribution in [0.2, 0.25) is 0 Å². The molecule has 142 valence electrons. The van der Waals surface area contributed by atoms with E-state index in [0.29, 0.717) is 0 Å². The zero-order valence-electron chi connectivity index (χ0n) is 14.8. The molecule has 2 heterocycles. The van der Waals surface area contributed by atoms with Crippen LogP contribution in [0.3, 0.4) is 0 Å². The van der Waals surface area contributed by atoms with Crippen molar-refractivity contribution in [3.63, 3.8) is 0 Å². The Morgan fingerprint density at radius 2 is 1.92 bits per heavy atom. The Morgan fingerprint density at radius 1 is 1.27 bits per heavy atom. The molecule has 3 rings (SSSR count). The van der Waals surface area contributed by atoms with Gasteiger partial charge in [0.25, 0.3) is 0 Å². The minimum atomic E-state index is -3.75. The lowest BCUT2D eigenvalue weighted by Crippen LogP contribution is -2.65. The first-order valence-electron chi connectivity index (χ1n) is 8.25. The van der Waals surface area contributed by atoms with Crippen molar-refractivity contribution in [3.8, 4) is 0 Å². The van der Waals surface area contributed by atoms with Crippen LogP contribution in [0.1, 0.15) is 19.4 Å². The zero-order valence-corrected chi connectivity index (χ0v) is 15.7. The van der Waals surface area contributed by atoms with E-state index in [4.69, 9.17) is 9.57 Å². The van der Waals surface area contributed by atoms with E-state index in [-0.39, 0.29) is 13.2 Å². The van der Waals surface area contributed by atoms with Gasteiger partial charge in [-0.1, -0.05) is 30.3 Å². The van der Waals surface area contributed by atoms with Gasteiger partial charge in [0, 0.05) is 6.54 Å². The highest BCUT2D eigenvalue weighted by Gasteiger charge is 2.72. The number of ether oxygens (including phenoxy) is 1. The topological polar surface area (TPSA) is 102 Å². The van der Waals surface area contributed by atoms with Crippen LogP contribution in [0.4, 0.5) is 0 Å². The molecule has 0 spiro atoms. The quantitative estimate of drug-likeness (QED) is 0.427. The van der Waals surface area contributed by atoms with Crippen LogP contribution in [0.15, 0.2) is 30.3 Å². The molecular weight excluding hydrogens is 360 g/mol. The first-order chi connectivity index (χ1) is 12.2. The van der Waals surface area contributed by atoms with Crippen molar-refractivity contribution in [1.82, 2.24) is 10.4 Å². The summed E-state index contributed by atoms with van der Waals surface area (Å²) in [5.74, 6) is -1.88. The normalized spacial score (nSPS) is 28.3. The lowest BCUT2D eigenvalue weighted by molar-refractivity contribution is -0.168. The van der Waals surface area contributed by atoms with Gasteiger partial charge in [-0.3, -0.25) is 4.79 Å². The Hall–Kier alpha value is -1.97. The van der Waals surface area contributed by atoms with Gasteiger partial charge in [0.15, 0.2) is 9.84 Å². The summed E-state index contributed by atoms with van der Waals surface area (Å²) in [5.41, 5.74) is 3.31. The molecule has 1 aromatic rings. The Kier molecular flexibility index (Phi) is 4.80. The van der Waals surface area contributed by atoms with E-state index in [1.165, 1.54) is 21.0 Å². The summed E-state index contributed by atoms with van der Waals surface area (Å²) in [6, 6.07) is 7.91. The van der Waals surface area contributed by atoms with Crippen LogP contribution in [0, 0.1) is 5.92 Å². The SMILES string of the molecule is CONC[C@@H]1C(=O)N2[C@@H](C(=O)OCc3ccccc3)C(C)(C)S(=O)(=O)[C@H]12. The summed E-state index contributed by atoms with van der Waals surface area (Å²) >= 11 is 0. The first-order valence-corrected chi connectivity index (χ1v) is 9.80. The molecule has 2 aliphatic heterocycles. The highest BCUT2D eigenvalue weighted by Crippen LogP contribution is 2.48. The van der Waals surface area contributed by atoms with Crippen molar-refractivity contribution in [2.75, 3.05) is 13.7 Å². The molecule has 26 heavy (non-hydrogen) atoms. The number of esters is 1. The molecule has 0 aliphatic carbocycles. The average molecular weight is 382 g/mol. The van der Waals surface area contributed by atoms with Crippen molar-refractivity contribution < 1.29 is 27.6 Å². The predicted octanol–water partition coefficient (Wildman–Crippen LogP) is 0.241. The number of sulfone groups is 1. The minimum absolute atomic E-state index is 0.0215. The second-order valence-electron chi connectivity index (χ2n) is 6.94. The highest BCUT2D eigenvalue weighted by atomic mass is 32.2. The first kappa shape index (κ1) is 18.8.